The molecule has 1 amide bonds. The molecule has 0 spiro atoms. The third kappa shape index (κ3) is 2.93. The van der Waals surface area contributed by atoms with Gasteiger partial charge in [-0.1, -0.05) is 23.7 Å². The number of allylic oxidation sites excluding steroid dienone is 1. The lowest BCUT2D eigenvalue weighted by molar-refractivity contribution is -0.113. The maximum Gasteiger partial charge on any atom is 0.255 e. The number of nitrogens with zero attached hydrogens (tertiary/aromatic N) is 4. The van der Waals surface area contributed by atoms with Crippen molar-refractivity contribution in [1.82, 2.24) is 19.7 Å². The van der Waals surface area contributed by atoms with Gasteiger partial charge in [0.15, 0.2) is 0 Å². The summed E-state index contributed by atoms with van der Waals surface area (Å²) in [6, 6.07) is 10.5. The van der Waals surface area contributed by atoms with E-state index in [1.165, 1.54) is 6.33 Å². The van der Waals surface area contributed by atoms with Crippen molar-refractivity contribution < 1.29 is 4.79 Å². The Bertz CT molecular complexity index is 980. The summed E-state index contributed by atoms with van der Waals surface area (Å²) in [6.45, 7) is 1.85. The van der Waals surface area contributed by atoms with Crippen molar-refractivity contribution in [3.63, 3.8) is 0 Å². The number of rotatable bonds is 3. The minimum Gasteiger partial charge on any atom is -0.328 e. The van der Waals surface area contributed by atoms with E-state index in [0.29, 0.717) is 27.9 Å². The van der Waals surface area contributed by atoms with Crippen LogP contribution in [0.2, 0.25) is 5.02 Å². The topological polar surface area (TPSA) is 84.7 Å². The van der Waals surface area contributed by atoms with Gasteiger partial charge in [-0.15, -0.1) is 0 Å². The molecule has 1 aliphatic rings. The van der Waals surface area contributed by atoms with E-state index < -0.39 is 6.04 Å². The highest BCUT2D eigenvalue weighted by atomic mass is 35.5. The zero-order chi connectivity index (χ0) is 18.1. The molecule has 2 N–H and O–H groups in total. The van der Waals surface area contributed by atoms with Gasteiger partial charge in [0.2, 0.25) is 5.95 Å². The maximum atomic E-state index is 13.0. The van der Waals surface area contributed by atoms with Crippen LogP contribution in [0, 0.1) is 0 Å². The Labute approximate surface area is 154 Å². The lowest BCUT2D eigenvalue weighted by Gasteiger charge is -2.28. The van der Waals surface area contributed by atoms with Gasteiger partial charge < -0.3 is 10.6 Å². The molecular formula is C18H15ClN6O. The van der Waals surface area contributed by atoms with Crippen LogP contribution in [0.4, 0.5) is 11.6 Å². The standard InChI is InChI=1S/C18H15ClN6O/c1-11-15(17(26)24-14-3-2-8-20-9-14)16(12-4-6-13(19)7-5-12)25-18(23-11)21-10-22-25/h2-10,16H,1H3,(H,24,26)(H,21,22,23)/t16-/m0/s1. The van der Waals surface area contributed by atoms with Gasteiger partial charge in [-0.3, -0.25) is 9.78 Å². The monoisotopic (exact) mass is 366 g/mol. The summed E-state index contributed by atoms with van der Waals surface area (Å²) in [5.74, 6) is 0.351. The Morgan fingerprint density at radius 1 is 1.27 bits per heavy atom. The summed E-state index contributed by atoms with van der Waals surface area (Å²) in [5.41, 5.74) is 2.77. The number of fused-ring (bicyclic) bond motifs is 1. The molecule has 130 valence electrons. The molecule has 1 aliphatic heterocycles. The normalized spacial score (nSPS) is 16.0. The zero-order valence-corrected chi connectivity index (χ0v) is 14.6. The average Bonchev–Trinajstić information content (AvgIpc) is 3.10. The van der Waals surface area contributed by atoms with E-state index in [1.54, 1.807) is 41.3 Å². The van der Waals surface area contributed by atoms with Gasteiger partial charge in [-0.25, -0.2) is 4.68 Å². The average molecular weight is 367 g/mol. The number of hydrogen-bond acceptors (Lipinski definition) is 5. The number of anilines is 2. The molecule has 7 nitrogen and oxygen atoms in total. The molecule has 3 aromatic rings. The predicted octanol–water partition coefficient (Wildman–Crippen LogP) is 3.25. The molecule has 0 aliphatic carbocycles. The van der Waals surface area contributed by atoms with Gasteiger partial charge >= 0.3 is 0 Å². The molecule has 1 aromatic carbocycles. The fourth-order valence-corrected chi connectivity index (χ4v) is 3.10. The van der Waals surface area contributed by atoms with Gasteiger partial charge in [0.25, 0.3) is 5.91 Å². The lowest BCUT2D eigenvalue weighted by atomic mass is 9.95. The number of benzene rings is 1. The van der Waals surface area contributed by atoms with Crippen LogP contribution < -0.4 is 10.6 Å². The molecule has 0 radical (unpaired) electrons. The van der Waals surface area contributed by atoms with E-state index in [0.717, 1.165) is 5.56 Å². The fourth-order valence-electron chi connectivity index (χ4n) is 2.97. The molecule has 0 saturated heterocycles. The maximum absolute atomic E-state index is 13.0. The van der Waals surface area contributed by atoms with Crippen LogP contribution in [-0.4, -0.2) is 25.7 Å². The van der Waals surface area contributed by atoms with E-state index >= 15 is 0 Å². The Morgan fingerprint density at radius 2 is 2.08 bits per heavy atom. The van der Waals surface area contributed by atoms with Crippen molar-refractivity contribution in [1.29, 1.82) is 0 Å². The van der Waals surface area contributed by atoms with Crippen LogP contribution >= 0.6 is 11.6 Å². The smallest absolute Gasteiger partial charge is 0.255 e. The van der Waals surface area contributed by atoms with Crippen LogP contribution in [0.1, 0.15) is 18.5 Å². The van der Waals surface area contributed by atoms with Gasteiger partial charge in [0, 0.05) is 16.9 Å². The third-order valence-corrected chi connectivity index (χ3v) is 4.40. The molecule has 0 bridgehead atoms. The van der Waals surface area contributed by atoms with Crippen molar-refractivity contribution in [2.24, 2.45) is 0 Å². The second-order valence-corrected chi connectivity index (χ2v) is 6.28. The Morgan fingerprint density at radius 3 is 2.81 bits per heavy atom. The van der Waals surface area contributed by atoms with Crippen molar-refractivity contribution in [2.45, 2.75) is 13.0 Å². The largest absolute Gasteiger partial charge is 0.328 e. The molecule has 3 heterocycles. The SMILES string of the molecule is CC1=C(C(=O)Nc2cccnc2)[C@H](c2ccc(Cl)cc2)n2ncnc2N1. The highest BCUT2D eigenvalue weighted by Gasteiger charge is 2.33. The van der Waals surface area contributed by atoms with Crippen LogP contribution in [0.3, 0.4) is 0 Å². The molecule has 0 unspecified atom stereocenters. The summed E-state index contributed by atoms with van der Waals surface area (Å²) < 4.78 is 1.69. The Hall–Kier alpha value is -3.19. The van der Waals surface area contributed by atoms with Crippen molar-refractivity contribution >= 4 is 29.1 Å². The second kappa shape index (κ2) is 6.61. The van der Waals surface area contributed by atoms with Gasteiger partial charge in [-0.05, 0) is 36.8 Å². The van der Waals surface area contributed by atoms with Crippen LogP contribution in [0.15, 0.2) is 66.4 Å². The van der Waals surface area contributed by atoms with Crippen molar-refractivity contribution in [3.05, 3.63) is 77.0 Å². The van der Waals surface area contributed by atoms with E-state index in [2.05, 4.69) is 25.7 Å². The molecule has 0 fully saturated rings. The molecule has 0 saturated carbocycles. The number of hydrogen-bond donors (Lipinski definition) is 2. The first-order chi connectivity index (χ1) is 12.6. The van der Waals surface area contributed by atoms with Crippen LogP contribution in [-0.2, 0) is 4.79 Å². The fraction of sp³-hybridized carbons (Fsp3) is 0.111. The summed E-state index contributed by atoms with van der Waals surface area (Å²) in [4.78, 5) is 21.3. The molecule has 4 rings (SSSR count). The minimum atomic E-state index is -0.414. The second-order valence-electron chi connectivity index (χ2n) is 5.84. The van der Waals surface area contributed by atoms with Crippen molar-refractivity contribution in [2.75, 3.05) is 10.6 Å². The molecular weight excluding hydrogens is 352 g/mol. The molecule has 1 atom stereocenters. The van der Waals surface area contributed by atoms with Crippen LogP contribution in [0.5, 0.6) is 0 Å². The highest BCUT2D eigenvalue weighted by Crippen LogP contribution is 2.35. The van der Waals surface area contributed by atoms with E-state index in [4.69, 9.17) is 11.6 Å². The summed E-state index contributed by atoms with van der Waals surface area (Å²) in [6.07, 6.45) is 4.71. The first-order valence-electron chi connectivity index (χ1n) is 7.97. The minimum absolute atomic E-state index is 0.232. The van der Waals surface area contributed by atoms with E-state index in [9.17, 15) is 4.79 Å². The summed E-state index contributed by atoms with van der Waals surface area (Å²) >= 11 is 6.02. The zero-order valence-electron chi connectivity index (χ0n) is 13.8. The number of amides is 1. The van der Waals surface area contributed by atoms with E-state index in [1.807, 2.05) is 19.1 Å². The molecule has 8 heteroatoms. The molecule has 2 aromatic heterocycles. The number of aromatic nitrogens is 4. The Balaban J connectivity index is 1.77. The van der Waals surface area contributed by atoms with Crippen molar-refractivity contribution in [3.8, 4) is 0 Å². The quantitative estimate of drug-likeness (QED) is 0.743. The van der Waals surface area contributed by atoms with Gasteiger partial charge in [0.05, 0.1) is 17.5 Å². The third-order valence-electron chi connectivity index (χ3n) is 4.14. The number of carbonyl (C=O) groups is 1. The van der Waals surface area contributed by atoms with Crippen LogP contribution in [0.25, 0.3) is 0 Å². The highest BCUT2D eigenvalue weighted by molar-refractivity contribution is 6.30. The number of halogens is 1. The van der Waals surface area contributed by atoms with E-state index in [-0.39, 0.29) is 5.91 Å². The lowest BCUT2D eigenvalue weighted by Crippen LogP contribution is -2.31. The number of nitrogens with one attached hydrogen (secondary N) is 2. The molecule has 26 heavy (non-hydrogen) atoms. The predicted molar refractivity (Wildman–Crippen MR) is 98.8 cm³/mol. The van der Waals surface area contributed by atoms with Gasteiger partial charge in [0.1, 0.15) is 12.4 Å². The summed E-state index contributed by atoms with van der Waals surface area (Å²) in [5, 5.41) is 10.9. The number of carbonyl (C=O) groups excluding carboxylic acids is 1. The summed E-state index contributed by atoms with van der Waals surface area (Å²) in [7, 11) is 0. The number of pyridine rings is 1. The first kappa shape index (κ1) is 16.3. The van der Waals surface area contributed by atoms with Gasteiger partial charge in [-0.2, -0.15) is 10.1 Å². The first-order valence-corrected chi connectivity index (χ1v) is 8.35. The Kier molecular flexibility index (Phi) is 4.14.